The lowest BCUT2D eigenvalue weighted by Crippen LogP contribution is -2.62. The van der Waals surface area contributed by atoms with Crippen LogP contribution in [0, 0.1) is 0 Å². The van der Waals surface area contributed by atoms with Crippen LogP contribution in [0.2, 0.25) is 0 Å². The summed E-state index contributed by atoms with van der Waals surface area (Å²) >= 11 is 0. The van der Waals surface area contributed by atoms with Gasteiger partial charge in [-0.15, -0.1) is 0 Å². The summed E-state index contributed by atoms with van der Waals surface area (Å²) in [5, 5.41) is 1.06. The maximum atomic E-state index is 14.0. The number of benzene rings is 3. The molecule has 3 heterocycles. The van der Waals surface area contributed by atoms with Crippen molar-refractivity contribution in [2.45, 2.75) is 25.0 Å². The fraction of sp³-hybridized carbons (Fsp3) is 0.267. The van der Waals surface area contributed by atoms with Crippen molar-refractivity contribution in [1.82, 2.24) is 14.8 Å². The first-order valence-electron chi connectivity index (χ1n) is 12.6. The van der Waals surface area contributed by atoms with Crippen LogP contribution >= 0.6 is 0 Å². The van der Waals surface area contributed by atoms with Crippen LogP contribution in [0.4, 0.5) is 0 Å². The Bertz CT molecular complexity index is 1530. The minimum absolute atomic E-state index is 0.000289. The molecular weight excluding hydrogens is 482 g/mol. The molecule has 1 saturated heterocycles. The molecule has 0 radical (unpaired) electrons. The van der Waals surface area contributed by atoms with Gasteiger partial charge in [0.1, 0.15) is 24.4 Å². The number of piperazine rings is 1. The number of aromatic nitrogens is 1. The van der Waals surface area contributed by atoms with Crippen LogP contribution in [0.3, 0.4) is 0 Å². The van der Waals surface area contributed by atoms with E-state index in [4.69, 9.17) is 14.2 Å². The molecule has 2 aliphatic rings. The standard InChI is InChI=1S/C30H29N3O5/c1-36-19-13-11-18(12-14-19)16-32-17-26(34)33-24(30(32)35)15-22-20-7-4-5-9-23(20)31-27(22)28(33)21-8-6-10-25(37-2)29(21)38-3/h4-14,24,28,31H,15-17H2,1-3H3. The van der Waals surface area contributed by atoms with Gasteiger partial charge in [-0.3, -0.25) is 9.59 Å². The zero-order valence-corrected chi connectivity index (χ0v) is 21.6. The molecule has 4 aromatic rings. The number of H-pyrrole nitrogens is 1. The molecule has 3 aromatic carbocycles. The monoisotopic (exact) mass is 511 g/mol. The zero-order chi connectivity index (χ0) is 26.4. The Kier molecular flexibility index (Phi) is 5.94. The Balaban J connectivity index is 1.46. The van der Waals surface area contributed by atoms with E-state index in [0.717, 1.165) is 39.0 Å². The number of methoxy groups -OCH3 is 3. The number of ether oxygens (including phenoxy) is 3. The number of nitrogens with zero attached hydrogens (tertiary/aromatic N) is 2. The minimum Gasteiger partial charge on any atom is -0.497 e. The number of carbonyl (C=O) groups excluding carboxylic acids is 2. The second kappa shape index (κ2) is 9.45. The average molecular weight is 512 g/mol. The van der Waals surface area contributed by atoms with Crippen LogP contribution < -0.4 is 14.2 Å². The number of hydrogen-bond donors (Lipinski definition) is 1. The Morgan fingerprint density at radius 1 is 0.895 bits per heavy atom. The summed E-state index contributed by atoms with van der Waals surface area (Å²) in [7, 11) is 4.80. The molecule has 2 atom stereocenters. The lowest BCUT2D eigenvalue weighted by Gasteiger charge is -2.47. The maximum absolute atomic E-state index is 14.0. The van der Waals surface area contributed by atoms with Crippen molar-refractivity contribution < 1.29 is 23.8 Å². The van der Waals surface area contributed by atoms with Gasteiger partial charge in [-0.25, -0.2) is 0 Å². The Morgan fingerprint density at radius 3 is 2.42 bits per heavy atom. The number of fused-ring (bicyclic) bond motifs is 4. The summed E-state index contributed by atoms with van der Waals surface area (Å²) in [6.07, 6.45) is 0.436. The Hall–Kier alpha value is -4.46. The largest absolute Gasteiger partial charge is 0.497 e. The highest BCUT2D eigenvalue weighted by Gasteiger charge is 2.49. The number of para-hydroxylation sites is 2. The highest BCUT2D eigenvalue weighted by atomic mass is 16.5. The topological polar surface area (TPSA) is 84.1 Å². The van der Waals surface area contributed by atoms with E-state index in [-0.39, 0.29) is 18.4 Å². The van der Waals surface area contributed by atoms with Crippen molar-refractivity contribution in [2.24, 2.45) is 0 Å². The first-order valence-corrected chi connectivity index (χ1v) is 12.6. The third-order valence-corrected chi connectivity index (χ3v) is 7.60. The molecule has 1 N–H and O–H groups in total. The van der Waals surface area contributed by atoms with E-state index >= 15 is 0 Å². The third kappa shape index (κ3) is 3.75. The van der Waals surface area contributed by atoms with E-state index in [0.29, 0.717) is 24.5 Å². The van der Waals surface area contributed by atoms with E-state index in [9.17, 15) is 9.59 Å². The van der Waals surface area contributed by atoms with Gasteiger partial charge in [0.15, 0.2) is 11.5 Å². The molecule has 2 unspecified atom stereocenters. The van der Waals surface area contributed by atoms with E-state index in [2.05, 4.69) is 11.1 Å². The van der Waals surface area contributed by atoms with Gasteiger partial charge in [-0.1, -0.05) is 42.5 Å². The number of aromatic amines is 1. The van der Waals surface area contributed by atoms with Gasteiger partial charge < -0.3 is 29.0 Å². The van der Waals surface area contributed by atoms with Crippen LogP contribution in [0.15, 0.2) is 66.7 Å². The number of hydrogen-bond acceptors (Lipinski definition) is 5. The van der Waals surface area contributed by atoms with Crippen molar-refractivity contribution in [2.75, 3.05) is 27.9 Å². The molecule has 0 bridgehead atoms. The normalized spacial score (nSPS) is 18.8. The quantitative estimate of drug-likeness (QED) is 0.422. The Labute approximate surface area is 220 Å². The molecule has 1 aromatic heterocycles. The van der Waals surface area contributed by atoms with Gasteiger partial charge in [0.05, 0.1) is 21.3 Å². The van der Waals surface area contributed by atoms with Crippen molar-refractivity contribution in [1.29, 1.82) is 0 Å². The van der Waals surface area contributed by atoms with Gasteiger partial charge in [0, 0.05) is 35.1 Å². The van der Waals surface area contributed by atoms with Crippen LogP contribution in [0.1, 0.15) is 28.4 Å². The summed E-state index contributed by atoms with van der Waals surface area (Å²) in [4.78, 5) is 34.8. The summed E-state index contributed by atoms with van der Waals surface area (Å²) < 4.78 is 16.6. The molecule has 38 heavy (non-hydrogen) atoms. The van der Waals surface area contributed by atoms with E-state index < -0.39 is 12.1 Å². The van der Waals surface area contributed by atoms with Gasteiger partial charge in [0.25, 0.3) is 0 Å². The number of amides is 2. The predicted molar refractivity (Wildman–Crippen MR) is 142 cm³/mol. The minimum atomic E-state index is -0.637. The number of carbonyl (C=O) groups is 2. The van der Waals surface area contributed by atoms with E-state index in [1.54, 1.807) is 31.1 Å². The van der Waals surface area contributed by atoms with Crippen LogP contribution in [0.25, 0.3) is 10.9 Å². The third-order valence-electron chi connectivity index (χ3n) is 7.60. The molecule has 1 fully saturated rings. The fourth-order valence-corrected chi connectivity index (χ4v) is 5.86. The molecule has 0 aliphatic carbocycles. The average Bonchev–Trinajstić information content (AvgIpc) is 3.33. The van der Waals surface area contributed by atoms with Gasteiger partial charge in [0.2, 0.25) is 11.8 Å². The molecule has 194 valence electrons. The molecular formula is C30H29N3O5. The smallest absolute Gasteiger partial charge is 0.246 e. The van der Waals surface area contributed by atoms with E-state index in [1.165, 1.54) is 0 Å². The number of nitrogens with one attached hydrogen (secondary N) is 1. The summed E-state index contributed by atoms with van der Waals surface area (Å²) in [6, 6.07) is 20.1. The highest BCUT2D eigenvalue weighted by molar-refractivity contribution is 5.97. The summed E-state index contributed by atoms with van der Waals surface area (Å²) in [5.41, 5.74) is 4.63. The lowest BCUT2D eigenvalue weighted by atomic mass is 9.85. The van der Waals surface area contributed by atoms with Crippen LogP contribution in [0.5, 0.6) is 17.2 Å². The molecule has 8 nitrogen and oxygen atoms in total. The van der Waals surface area contributed by atoms with Crippen molar-refractivity contribution in [3.8, 4) is 17.2 Å². The fourth-order valence-electron chi connectivity index (χ4n) is 5.86. The SMILES string of the molecule is COc1ccc(CN2CC(=O)N3C(Cc4c([nH]c5ccccc45)C3c3cccc(OC)c3OC)C2=O)cc1. The zero-order valence-electron chi connectivity index (χ0n) is 21.6. The van der Waals surface area contributed by atoms with Crippen LogP contribution in [-0.2, 0) is 22.6 Å². The lowest BCUT2D eigenvalue weighted by molar-refractivity contribution is -0.159. The molecule has 2 aliphatic heterocycles. The van der Waals surface area contributed by atoms with Gasteiger partial charge in [-0.2, -0.15) is 0 Å². The molecule has 6 rings (SSSR count). The van der Waals surface area contributed by atoms with Gasteiger partial charge >= 0.3 is 0 Å². The molecule has 0 spiro atoms. The summed E-state index contributed by atoms with van der Waals surface area (Å²) in [5.74, 6) is 1.69. The highest BCUT2D eigenvalue weighted by Crippen LogP contribution is 2.47. The van der Waals surface area contributed by atoms with Crippen LogP contribution in [-0.4, -0.2) is 60.5 Å². The van der Waals surface area contributed by atoms with Gasteiger partial charge in [-0.05, 0) is 35.4 Å². The number of rotatable bonds is 6. The molecule has 0 saturated carbocycles. The second-order valence-electron chi connectivity index (χ2n) is 9.61. The van der Waals surface area contributed by atoms with Crippen molar-refractivity contribution in [3.05, 3.63) is 89.1 Å². The molecule has 2 amide bonds. The first-order chi connectivity index (χ1) is 18.5. The summed E-state index contributed by atoms with van der Waals surface area (Å²) in [6.45, 7) is 0.354. The van der Waals surface area contributed by atoms with Crippen molar-refractivity contribution >= 4 is 22.7 Å². The second-order valence-corrected chi connectivity index (χ2v) is 9.61. The molecule has 8 heteroatoms. The van der Waals surface area contributed by atoms with Crippen molar-refractivity contribution in [3.63, 3.8) is 0 Å². The van der Waals surface area contributed by atoms with E-state index in [1.807, 2.05) is 60.7 Å². The first kappa shape index (κ1) is 23.9. The maximum Gasteiger partial charge on any atom is 0.246 e. The Morgan fingerprint density at radius 2 is 1.68 bits per heavy atom. The predicted octanol–water partition coefficient (Wildman–Crippen LogP) is 4.08.